The minimum atomic E-state index is -0.770. The summed E-state index contributed by atoms with van der Waals surface area (Å²) in [5.41, 5.74) is -0.770. The van der Waals surface area contributed by atoms with Gasteiger partial charge in [0.25, 0.3) is 0 Å². The van der Waals surface area contributed by atoms with E-state index in [0.717, 1.165) is 19.3 Å². The van der Waals surface area contributed by atoms with Crippen LogP contribution in [0.1, 0.15) is 46.5 Å². The van der Waals surface area contributed by atoms with Gasteiger partial charge in [-0.05, 0) is 32.1 Å². The van der Waals surface area contributed by atoms with Gasteiger partial charge in [-0.1, -0.05) is 20.3 Å². The summed E-state index contributed by atoms with van der Waals surface area (Å²) in [6.07, 6.45) is 3.91. The minimum Gasteiger partial charge on any atom is -0.388 e. The van der Waals surface area contributed by atoms with E-state index in [0.29, 0.717) is 12.5 Å². The van der Waals surface area contributed by atoms with E-state index in [1.165, 1.54) is 6.42 Å². The molecule has 2 N–H and O–H groups in total. The van der Waals surface area contributed by atoms with Crippen LogP contribution in [-0.4, -0.2) is 23.2 Å². The highest BCUT2D eigenvalue weighted by molar-refractivity contribution is 5.79. The summed E-state index contributed by atoms with van der Waals surface area (Å²) < 4.78 is 0. The molecule has 0 aromatic rings. The summed E-state index contributed by atoms with van der Waals surface area (Å²) in [5.74, 6) is 0.769. The van der Waals surface area contributed by atoms with Crippen LogP contribution in [0.25, 0.3) is 0 Å². The average Bonchev–Trinajstić information content (AvgIpc) is 1.95. The lowest BCUT2D eigenvalue weighted by Crippen LogP contribution is -2.44. The fourth-order valence-corrected chi connectivity index (χ4v) is 2.04. The number of nitrogens with one attached hydrogen (secondary N) is 1. The second-order valence-electron chi connectivity index (χ2n) is 5.44. The molecule has 3 nitrogen and oxygen atoms in total. The Bertz CT molecular complexity index is 220. The summed E-state index contributed by atoms with van der Waals surface area (Å²) in [6, 6.07) is 0. The van der Waals surface area contributed by atoms with Crippen molar-refractivity contribution in [3.63, 3.8) is 0 Å². The van der Waals surface area contributed by atoms with Crippen LogP contribution in [0.15, 0.2) is 0 Å². The molecular weight excluding hydrogens is 190 g/mol. The monoisotopic (exact) mass is 213 g/mol. The first-order valence-electron chi connectivity index (χ1n) is 5.91. The predicted octanol–water partition coefficient (Wildman–Crippen LogP) is 1.70. The molecule has 0 heterocycles. The highest BCUT2D eigenvalue weighted by Gasteiger charge is 2.28. The van der Waals surface area contributed by atoms with Gasteiger partial charge in [-0.25, -0.2) is 0 Å². The maximum atomic E-state index is 11.5. The first kappa shape index (κ1) is 12.5. The number of rotatable bonds is 5. The van der Waals surface area contributed by atoms with E-state index in [1.54, 1.807) is 6.92 Å². The Balaban J connectivity index is 2.25. The third kappa shape index (κ3) is 4.20. The summed E-state index contributed by atoms with van der Waals surface area (Å²) in [6.45, 7) is 6.30. The van der Waals surface area contributed by atoms with Crippen molar-refractivity contribution >= 4 is 5.91 Å². The van der Waals surface area contributed by atoms with Crippen LogP contribution in [0.3, 0.4) is 0 Å². The molecule has 1 atom stereocenters. The zero-order valence-corrected chi connectivity index (χ0v) is 10.0. The van der Waals surface area contributed by atoms with Crippen LogP contribution in [0.4, 0.5) is 0 Å². The maximum absolute atomic E-state index is 11.5. The Labute approximate surface area is 92.3 Å². The van der Waals surface area contributed by atoms with Gasteiger partial charge in [-0.3, -0.25) is 4.79 Å². The number of aliphatic hydroxyl groups is 1. The highest BCUT2D eigenvalue weighted by Crippen LogP contribution is 2.26. The second-order valence-corrected chi connectivity index (χ2v) is 5.44. The molecule has 1 aliphatic rings. The van der Waals surface area contributed by atoms with Crippen molar-refractivity contribution in [1.29, 1.82) is 0 Å². The molecule has 1 fully saturated rings. The molecule has 0 spiro atoms. The van der Waals surface area contributed by atoms with E-state index in [2.05, 4.69) is 19.2 Å². The normalized spacial score (nSPS) is 20.9. The lowest BCUT2D eigenvalue weighted by molar-refractivity contribution is -0.128. The van der Waals surface area contributed by atoms with Gasteiger partial charge in [0.2, 0.25) is 5.91 Å². The van der Waals surface area contributed by atoms with Crippen molar-refractivity contribution in [2.24, 2.45) is 11.8 Å². The molecule has 1 unspecified atom stereocenters. The summed E-state index contributed by atoms with van der Waals surface area (Å²) in [4.78, 5) is 11.5. The molecule has 0 aliphatic heterocycles. The van der Waals surface area contributed by atoms with Gasteiger partial charge in [-0.2, -0.15) is 0 Å². The van der Waals surface area contributed by atoms with Gasteiger partial charge in [0, 0.05) is 12.5 Å². The fourth-order valence-electron chi connectivity index (χ4n) is 2.04. The van der Waals surface area contributed by atoms with Gasteiger partial charge in [0.05, 0.1) is 5.60 Å². The molecule has 15 heavy (non-hydrogen) atoms. The minimum absolute atomic E-state index is 0.116. The summed E-state index contributed by atoms with van der Waals surface area (Å²) in [5, 5.41) is 12.8. The zero-order valence-electron chi connectivity index (χ0n) is 10.0. The number of hydrogen-bond acceptors (Lipinski definition) is 2. The lowest BCUT2D eigenvalue weighted by Gasteiger charge is -2.29. The predicted molar refractivity (Wildman–Crippen MR) is 60.4 cm³/mol. The molecule has 1 rings (SSSR count). The van der Waals surface area contributed by atoms with Gasteiger partial charge in [0.15, 0.2) is 0 Å². The molecule has 3 heteroatoms. The summed E-state index contributed by atoms with van der Waals surface area (Å²) >= 11 is 0. The maximum Gasteiger partial charge on any atom is 0.223 e. The molecule has 0 saturated heterocycles. The first-order chi connectivity index (χ1) is 6.91. The Morgan fingerprint density at radius 1 is 1.53 bits per heavy atom. The molecule has 1 aliphatic carbocycles. The Morgan fingerprint density at radius 3 is 2.53 bits per heavy atom. The van der Waals surface area contributed by atoms with Crippen molar-refractivity contribution in [2.75, 3.05) is 6.54 Å². The van der Waals surface area contributed by atoms with E-state index in [-0.39, 0.29) is 11.8 Å². The first-order valence-corrected chi connectivity index (χ1v) is 5.91. The third-order valence-corrected chi connectivity index (χ3v) is 2.97. The Morgan fingerprint density at radius 2 is 2.13 bits per heavy atom. The van der Waals surface area contributed by atoms with Gasteiger partial charge < -0.3 is 10.4 Å². The van der Waals surface area contributed by atoms with Crippen molar-refractivity contribution < 1.29 is 9.90 Å². The third-order valence-electron chi connectivity index (χ3n) is 2.97. The number of carbonyl (C=O) groups excluding carboxylic acids is 1. The van der Waals surface area contributed by atoms with Crippen molar-refractivity contribution in [3.05, 3.63) is 0 Å². The Kier molecular flexibility index (Phi) is 4.14. The topological polar surface area (TPSA) is 49.3 Å². The van der Waals surface area contributed by atoms with Crippen LogP contribution in [0.2, 0.25) is 0 Å². The highest BCUT2D eigenvalue weighted by atomic mass is 16.3. The molecular formula is C12H23NO2. The van der Waals surface area contributed by atoms with Crippen molar-refractivity contribution in [2.45, 2.75) is 52.1 Å². The molecule has 0 aromatic heterocycles. The van der Waals surface area contributed by atoms with E-state index in [9.17, 15) is 9.90 Å². The van der Waals surface area contributed by atoms with Gasteiger partial charge in [-0.15, -0.1) is 0 Å². The quantitative estimate of drug-likeness (QED) is 0.730. The number of carbonyl (C=O) groups is 1. The SMILES string of the molecule is CC(C)CC(C)(O)CNC(=O)C1CCC1. The largest absolute Gasteiger partial charge is 0.388 e. The summed E-state index contributed by atoms with van der Waals surface area (Å²) in [7, 11) is 0. The van der Waals surface area contributed by atoms with Gasteiger partial charge >= 0.3 is 0 Å². The van der Waals surface area contributed by atoms with Gasteiger partial charge in [0.1, 0.15) is 0 Å². The average molecular weight is 213 g/mol. The lowest BCUT2D eigenvalue weighted by atomic mass is 9.84. The van der Waals surface area contributed by atoms with E-state index in [4.69, 9.17) is 0 Å². The fraction of sp³-hybridized carbons (Fsp3) is 0.917. The molecule has 88 valence electrons. The van der Waals surface area contributed by atoms with Crippen molar-refractivity contribution in [1.82, 2.24) is 5.32 Å². The number of hydrogen-bond donors (Lipinski definition) is 2. The smallest absolute Gasteiger partial charge is 0.223 e. The van der Waals surface area contributed by atoms with E-state index < -0.39 is 5.60 Å². The van der Waals surface area contributed by atoms with Crippen molar-refractivity contribution in [3.8, 4) is 0 Å². The number of amides is 1. The van der Waals surface area contributed by atoms with Crippen LogP contribution >= 0.6 is 0 Å². The van der Waals surface area contributed by atoms with E-state index in [1.807, 2.05) is 0 Å². The molecule has 0 radical (unpaired) electrons. The van der Waals surface area contributed by atoms with Crippen LogP contribution in [0.5, 0.6) is 0 Å². The van der Waals surface area contributed by atoms with Crippen LogP contribution in [0, 0.1) is 11.8 Å². The Hall–Kier alpha value is -0.570. The molecule has 0 aromatic carbocycles. The molecule has 0 bridgehead atoms. The zero-order chi connectivity index (χ0) is 11.5. The van der Waals surface area contributed by atoms with Crippen LogP contribution in [-0.2, 0) is 4.79 Å². The standard InChI is InChI=1S/C12H23NO2/c1-9(2)7-12(3,15)8-13-11(14)10-5-4-6-10/h9-10,15H,4-8H2,1-3H3,(H,13,14). The molecule has 1 amide bonds. The van der Waals surface area contributed by atoms with Crippen LogP contribution < -0.4 is 5.32 Å². The van der Waals surface area contributed by atoms with E-state index >= 15 is 0 Å². The molecule has 1 saturated carbocycles. The second kappa shape index (κ2) is 4.97.